The molecule has 0 amide bonds. The van der Waals surface area contributed by atoms with Crippen LogP contribution in [0.15, 0.2) is 0 Å². The summed E-state index contributed by atoms with van der Waals surface area (Å²) in [5, 5.41) is 0.151. The molecule has 7 heteroatoms. The molecule has 5 nitrogen and oxygen atoms in total. The molecule has 0 saturated carbocycles. The zero-order valence-corrected chi connectivity index (χ0v) is 21.2. The molecule has 0 aliphatic carbocycles. The molecule has 1 aliphatic rings. The van der Waals surface area contributed by atoms with E-state index >= 15 is 0 Å². The van der Waals surface area contributed by atoms with Gasteiger partial charge in [0.15, 0.2) is 8.32 Å². The molecule has 1 saturated heterocycles. The lowest BCUT2D eigenvalue weighted by atomic mass is 10.0. The molecule has 0 aromatic heterocycles. The third kappa shape index (κ3) is 8.42. The van der Waals surface area contributed by atoms with Crippen molar-refractivity contribution < 1.29 is 21.8 Å². The predicted octanol–water partition coefficient (Wildman–Crippen LogP) is 5.65. The van der Waals surface area contributed by atoms with Crippen molar-refractivity contribution in [3.63, 3.8) is 0 Å². The van der Waals surface area contributed by atoms with Gasteiger partial charge in [-0.3, -0.25) is 4.18 Å². The standard InChI is InChI=1S/C21H44O5SSi/c1-9-11-13-19(25-27(6,22)23)17-15-16-18(24-17)20(14-12-10-2)26-28(7,8)21(3,4)5/h17-20H,9-16H2,1-8H3/t17-,18+,19-,20+/m0/s1. The largest absolute Gasteiger partial charge is 0.411 e. The van der Waals surface area contributed by atoms with Crippen molar-refractivity contribution in [1.82, 2.24) is 0 Å². The summed E-state index contributed by atoms with van der Waals surface area (Å²) in [5.74, 6) is 0. The number of hydrogen-bond acceptors (Lipinski definition) is 5. The van der Waals surface area contributed by atoms with Gasteiger partial charge in [-0.1, -0.05) is 60.3 Å². The second kappa shape index (κ2) is 10.9. The summed E-state index contributed by atoms with van der Waals surface area (Å²) >= 11 is 0. The highest BCUT2D eigenvalue weighted by Gasteiger charge is 2.43. The zero-order chi connectivity index (χ0) is 21.6. The van der Waals surface area contributed by atoms with E-state index in [1.807, 2.05) is 0 Å². The zero-order valence-electron chi connectivity index (χ0n) is 19.4. The minimum absolute atomic E-state index is 0.0259. The smallest absolute Gasteiger partial charge is 0.264 e. The molecule has 0 aromatic rings. The Morgan fingerprint density at radius 1 is 1.00 bits per heavy atom. The molecular weight excluding hydrogens is 392 g/mol. The van der Waals surface area contributed by atoms with Crippen LogP contribution in [-0.4, -0.2) is 47.4 Å². The lowest BCUT2D eigenvalue weighted by molar-refractivity contribution is -0.0671. The quantitative estimate of drug-likeness (QED) is 0.292. The maximum Gasteiger partial charge on any atom is 0.264 e. The van der Waals surface area contributed by atoms with Crippen LogP contribution in [0.2, 0.25) is 18.1 Å². The fourth-order valence-corrected chi connectivity index (χ4v) is 5.49. The van der Waals surface area contributed by atoms with Gasteiger partial charge in [-0.15, -0.1) is 0 Å². The van der Waals surface area contributed by atoms with E-state index in [0.717, 1.165) is 51.2 Å². The van der Waals surface area contributed by atoms with Crippen LogP contribution in [0.3, 0.4) is 0 Å². The van der Waals surface area contributed by atoms with E-state index in [2.05, 4.69) is 47.7 Å². The maximum absolute atomic E-state index is 11.7. The van der Waals surface area contributed by atoms with E-state index in [1.165, 1.54) is 0 Å². The highest BCUT2D eigenvalue weighted by Crippen LogP contribution is 2.40. The second-order valence-corrected chi connectivity index (χ2v) is 16.2. The molecule has 0 aromatic carbocycles. The topological polar surface area (TPSA) is 61.8 Å². The third-order valence-corrected chi connectivity index (χ3v) is 11.3. The molecule has 0 radical (unpaired) electrons. The average molecular weight is 437 g/mol. The van der Waals surface area contributed by atoms with Crippen LogP contribution in [0.4, 0.5) is 0 Å². The van der Waals surface area contributed by atoms with Crippen molar-refractivity contribution in [3.8, 4) is 0 Å². The fraction of sp³-hybridized carbons (Fsp3) is 1.00. The van der Waals surface area contributed by atoms with Gasteiger partial charge in [0.2, 0.25) is 0 Å². The minimum Gasteiger partial charge on any atom is -0.411 e. The van der Waals surface area contributed by atoms with Gasteiger partial charge in [0, 0.05) is 0 Å². The Labute approximate surface area is 175 Å². The molecule has 0 bridgehead atoms. The lowest BCUT2D eigenvalue weighted by Gasteiger charge is -2.41. The molecule has 1 rings (SSSR count). The van der Waals surface area contributed by atoms with Crippen LogP contribution in [0.1, 0.15) is 86.0 Å². The fourth-order valence-electron chi connectivity index (χ4n) is 3.44. The van der Waals surface area contributed by atoms with Gasteiger partial charge in [-0.2, -0.15) is 8.42 Å². The minimum atomic E-state index is -3.50. The van der Waals surface area contributed by atoms with Crippen LogP contribution in [0.5, 0.6) is 0 Å². The first-order valence-corrected chi connectivity index (χ1v) is 15.7. The second-order valence-electron chi connectivity index (χ2n) is 9.83. The van der Waals surface area contributed by atoms with E-state index in [1.54, 1.807) is 0 Å². The monoisotopic (exact) mass is 436 g/mol. The Hall–Kier alpha value is 0.0469. The molecular formula is C21H44O5SSi. The van der Waals surface area contributed by atoms with Gasteiger partial charge in [0.25, 0.3) is 10.1 Å². The summed E-state index contributed by atoms with van der Waals surface area (Å²) in [6.07, 6.45) is 8.30. The molecule has 0 unspecified atom stereocenters. The normalized spacial score (nSPS) is 23.7. The number of ether oxygens (including phenoxy) is 1. The Balaban J connectivity index is 2.88. The van der Waals surface area contributed by atoms with Crippen molar-refractivity contribution in [2.24, 2.45) is 0 Å². The van der Waals surface area contributed by atoms with Crippen LogP contribution in [0, 0.1) is 0 Å². The first-order valence-electron chi connectivity index (χ1n) is 11.0. The Kier molecular flexibility index (Phi) is 10.1. The highest BCUT2D eigenvalue weighted by atomic mass is 32.2. The molecule has 0 N–H and O–H groups in total. The molecule has 1 aliphatic heterocycles. The van der Waals surface area contributed by atoms with E-state index in [9.17, 15) is 8.42 Å². The van der Waals surface area contributed by atoms with Crippen molar-refractivity contribution in [3.05, 3.63) is 0 Å². The van der Waals surface area contributed by atoms with Crippen LogP contribution in [-0.2, 0) is 23.5 Å². The molecule has 0 spiro atoms. The van der Waals surface area contributed by atoms with E-state index in [4.69, 9.17) is 13.3 Å². The van der Waals surface area contributed by atoms with Gasteiger partial charge in [-0.25, -0.2) is 0 Å². The van der Waals surface area contributed by atoms with Crippen LogP contribution < -0.4 is 0 Å². The SMILES string of the molecule is CCCC[C@H](OS(C)(=O)=O)[C@@H]1CC[C@H]([C@@H](CCCC)O[Si](C)(C)C(C)(C)C)O1. The van der Waals surface area contributed by atoms with Gasteiger partial charge >= 0.3 is 0 Å². The number of hydrogen-bond donors (Lipinski definition) is 0. The highest BCUT2D eigenvalue weighted by molar-refractivity contribution is 7.86. The van der Waals surface area contributed by atoms with Crippen molar-refractivity contribution >= 4 is 18.4 Å². The average Bonchev–Trinajstić information content (AvgIpc) is 3.03. The molecule has 168 valence electrons. The van der Waals surface area contributed by atoms with E-state index in [0.29, 0.717) is 6.42 Å². The third-order valence-electron chi connectivity index (χ3n) is 6.15. The van der Waals surface area contributed by atoms with Crippen molar-refractivity contribution in [1.29, 1.82) is 0 Å². The molecule has 28 heavy (non-hydrogen) atoms. The van der Waals surface area contributed by atoms with E-state index < -0.39 is 18.4 Å². The Bertz CT molecular complexity index is 556. The predicted molar refractivity (Wildman–Crippen MR) is 119 cm³/mol. The number of unbranched alkanes of at least 4 members (excludes halogenated alkanes) is 2. The summed E-state index contributed by atoms with van der Waals surface area (Å²) in [6, 6.07) is 0. The number of rotatable bonds is 12. The van der Waals surface area contributed by atoms with Gasteiger partial charge < -0.3 is 9.16 Å². The van der Waals surface area contributed by atoms with E-state index in [-0.39, 0.29) is 29.5 Å². The lowest BCUT2D eigenvalue weighted by Crippen LogP contribution is -2.47. The first kappa shape index (κ1) is 26.1. The van der Waals surface area contributed by atoms with Crippen LogP contribution >= 0.6 is 0 Å². The summed E-state index contributed by atoms with van der Waals surface area (Å²) < 4.78 is 42.0. The molecule has 4 atom stereocenters. The summed E-state index contributed by atoms with van der Waals surface area (Å²) in [6.45, 7) is 15.6. The van der Waals surface area contributed by atoms with Crippen molar-refractivity contribution in [2.75, 3.05) is 6.26 Å². The first-order chi connectivity index (χ1) is 12.8. The molecule has 1 fully saturated rings. The Morgan fingerprint density at radius 2 is 1.46 bits per heavy atom. The van der Waals surface area contributed by atoms with Gasteiger partial charge in [-0.05, 0) is 43.8 Å². The van der Waals surface area contributed by atoms with Crippen LogP contribution in [0.25, 0.3) is 0 Å². The molecule has 1 heterocycles. The maximum atomic E-state index is 11.7. The summed E-state index contributed by atoms with van der Waals surface area (Å²) in [4.78, 5) is 0. The van der Waals surface area contributed by atoms with Gasteiger partial charge in [0.05, 0.1) is 24.6 Å². The Morgan fingerprint density at radius 3 is 1.89 bits per heavy atom. The summed E-state index contributed by atoms with van der Waals surface area (Å²) in [5.41, 5.74) is 0. The summed E-state index contributed by atoms with van der Waals surface area (Å²) in [7, 11) is -5.40. The van der Waals surface area contributed by atoms with Crippen molar-refractivity contribution in [2.45, 2.75) is 129 Å². The van der Waals surface area contributed by atoms with Gasteiger partial charge in [0.1, 0.15) is 6.10 Å².